The molecular weight excluding hydrogens is 577 g/mol. The maximum Gasteiger partial charge on any atom is 0.416 e. The molecule has 0 aliphatic rings. The molecule has 0 unspecified atom stereocenters. The lowest BCUT2D eigenvalue weighted by Crippen LogP contribution is -2.16. The SMILES string of the molecule is CCn1c(COc2cccc(C(F)(F)F)c2)nnc1SCC(=O)Nc1scc(-c2cc(C)ccc2C)c1C(=O)OC. The van der Waals surface area contributed by atoms with Gasteiger partial charge in [-0.15, -0.1) is 21.5 Å². The van der Waals surface area contributed by atoms with E-state index in [2.05, 4.69) is 15.5 Å². The largest absolute Gasteiger partial charge is 0.486 e. The topological polar surface area (TPSA) is 95.3 Å². The van der Waals surface area contributed by atoms with Crippen LogP contribution in [0.25, 0.3) is 11.1 Å². The van der Waals surface area contributed by atoms with Crippen LogP contribution in [0, 0.1) is 13.8 Å². The molecule has 0 fully saturated rings. The smallest absolute Gasteiger partial charge is 0.416 e. The maximum absolute atomic E-state index is 13.0. The standard InChI is InChI=1S/C28H27F3N4O4S2/c1-5-35-22(13-39-19-8-6-7-18(12-19)28(29,30)31)33-34-27(35)41-15-23(36)32-25-24(26(37)38-4)21(14-40-25)20-11-16(2)9-10-17(20)3/h6-12,14H,5,13,15H2,1-4H3,(H,32,36). The minimum Gasteiger partial charge on any atom is -0.486 e. The van der Waals surface area contributed by atoms with Crippen molar-refractivity contribution >= 4 is 40.0 Å². The number of thiophene rings is 1. The third-order valence-electron chi connectivity index (χ3n) is 6.09. The molecule has 0 aliphatic carbocycles. The summed E-state index contributed by atoms with van der Waals surface area (Å²) in [5.41, 5.74) is 3.06. The van der Waals surface area contributed by atoms with Gasteiger partial charge in [0.25, 0.3) is 0 Å². The second-order valence-electron chi connectivity index (χ2n) is 8.96. The van der Waals surface area contributed by atoms with Crippen LogP contribution >= 0.6 is 23.1 Å². The van der Waals surface area contributed by atoms with Gasteiger partial charge in [0.15, 0.2) is 11.0 Å². The normalized spacial score (nSPS) is 11.4. The number of nitrogens with zero attached hydrogens (tertiary/aromatic N) is 3. The van der Waals surface area contributed by atoms with Crippen molar-refractivity contribution in [3.8, 4) is 16.9 Å². The molecule has 1 amide bonds. The summed E-state index contributed by atoms with van der Waals surface area (Å²) in [6.07, 6.45) is -4.48. The van der Waals surface area contributed by atoms with Gasteiger partial charge in [0.05, 0.1) is 18.4 Å². The zero-order valence-electron chi connectivity index (χ0n) is 22.7. The van der Waals surface area contributed by atoms with Crippen LogP contribution in [-0.4, -0.2) is 39.5 Å². The molecule has 2 aromatic heterocycles. The molecule has 4 rings (SSSR count). The molecule has 8 nitrogen and oxygen atoms in total. The number of ether oxygens (including phenoxy) is 2. The Morgan fingerprint density at radius 3 is 2.59 bits per heavy atom. The Hall–Kier alpha value is -3.84. The van der Waals surface area contributed by atoms with E-state index in [1.165, 1.54) is 30.6 Å². The summed E-state index contributed by atoms with van der Waals surface area (Å²) in [5.74, 6) is -0.485. The molecule has 0 bridgehead atoms. The van der Waals surface area contributed by atoms with Gasteiger partial charge >= 0.3 is 12.1 Å². The van der Waals surface area contributed by atoms with Gasteiger partial charge in [-0.2, -0.15) is 13.2 Å². The highest BCUT2D eigenvalue weighted by Gasteiger charge is 2.30. The van der Waals surface area contributed by atoms with E-state index in [0.717, 1.165) is 40.6 Å². The first-order valence-corrected chi connectivity index (χ1v) is 14.3. The van der Waals surface area contributed by atoms with Crippen molar-refractivity contribution < 1.29 is 32.2 Å². The number of carbonyl (C=O) groups is 2. The number of hydrogen-bond donors (Lipinski definition) is 1. The van der Waals surface area contributed by atoms with E-state index in [1.807, 2.05) is 44.4 Å². The quantitative estimate of drug-likeness (QED) is 0.158. The van der Waals surface area contributed by atoms with E-state index in [4.69, 9.17) is 9.47 Å². The number of benzene rings is 2. The number of anilines is 1. The number of halogens is 3. The predicted molar refractivity (Wildman–Crippen MR) is 151 cm³/mol. The number of esters is 1. The summed E-state index contributed by atoms with van der Waals surface area (Å²) in [4.78, 5) is 25.6. The average molecular weight is 605 g/mol. The lowest BCUT2D eigenvalue weighted by Gasteiger charge is -2.11. The molecule has 2 heterocycles. The van der Waals surface area contributed by atoms with Crippen LogP contribution in [-0.2, 0) is 28.9 Å². The van der Waals surface area contributed by atoms with E-state index >= 15 is 0 Å². The first kappa shape index (κ1) is 30.1. The predicted octanol–water partition coefficient (Wildman–Crippen LogP) is 6.76. The molecule has 2 aromatic carbocycles. The van der Waals surface area contributed by atoms with Crippen molar-refractivity contribution in [3.63, 3.8) is 0 Å². The van der Waals surface area contributed by atoms with Gasteiger partial charge in [0.1, 0.15) is 22.9 Å². The number of aryl methyl sites for hydroxylation is 2. The van der Waals surface area contributed by atoms with Crippen molar-refractivity contribution in [2.45, 2.75) is 45.3 Å². The fourth-order valence-corrected chi connectivity index (χ4v) is 5.82. The Morgan fingerprint density at radius 2 is 1.88 bits per heavy atom. The molecule has 1 N–H and O–H groups in total. The van der Waals surface area contributed by atoms with E-state index in [0.29, 0.717) is 28.1 Å². The fourth-order valence-electron chi connectivity index (χ4n) is 4.03. The van der Waals surface area contributed by atoms with Crippen LogP contribution in [0.4, 0.5) is 18.2 Å². The maximum atomic E-state index is 13.0. The number of amides is 1. The number of alkyl halides is 3. The van der Waals surface area contributed by atoms with Crippen LogP contribution in [0.5, 0.6) is 5.75 Å². The number of methoxy groups -OCH3 is 1. The van der Waals surface area contributed by atoms with Crippen molar-refractivity contribution in [1.82, 2.24) is 14.8 Å². The van der Waals surface area contributed by atoms with E-state index < -0.39 is 17.7 Å². The Bertz CT molecular complexity index is 1570. The van der Waals surface area contributed by atoms with Gasteiger partial charge in [0, 0.05) is 17.5 Å². The van der Waals surface area contributed by atoms with E-state index in [9.17, 15) is 22.8 Å². The van der Waals surface area contributed by atoms with E-state index in [-0.39, 0.29) is 29.6 Å². The Morgan fingerprint density at radius 1 is 1.10 bits per heavy atom. The molecule has 41 heavy (non-hydrogen) atoms. The highest BCUT2D eigenvalue weighted by atomic mass is 32.2. The molecule has 0 atom stereocenters. The molecule has 216 valence electrons. The Kier molecular flexibility index (Phi) is 9.38. The second-order valence-corrected chi connectivity index (χ2v) is 10.8. The summed E-state index contributed by atoms with van der Waals surface area (Å²) in [5, 5.41) is 13.7. The number of hydrogen-bond acceptors (Lipinski definition) is 8. The summed E-state index contributed by atoms with van der Waals surface area (Å²) >= 11 is 2.37. The minimum atomic E-state index is -4.48. The average Bonchev–Trinajstić information content (AvgIpc) is 3.54. The van der Waals surface area contributed by atoms with Gasteiger partial charge in [-0.05, 0) is 50.1 Å². The lowest BCUT2D eigenvalue weighted by atomic mass is 9.97. The summed E-state index contributed by atoms with van der Waals surface area (Å²) in [6, 6.07) is 10.5. The molecule has 0 saturated heterocycles. The molecule has 4 aromatic rings. The summed E-state index contributed by atoms with van der Waals surface area (Å²) in [6.45, 7) is 6.11. The van der Waals surface area contributed by atoms with Crippen LogP contribution < -0.4 is 10.1 Å². The van der Waals surface area contributed by atoms with E-state index in [1.54, 1.807) is 4.57 Å². The van der Waals surface area contributed by atoms with Crippen molar-refractivity contribution in [1.29, 1.82) is 0 Å². The van der Waals surface area contributed by atoms with Crippen molar-refractivity contribution in [2.75, 3.05) is 18.2 Å². The van der Waals surface area contributed by atoms with Gasteiger partial charge in [-0.1, -0.05) is 41.6 Å². The summed E-state index contributed by atoms with van der Waals surface area (Å²) in [7, 11) is 1.29. The van der Waals surface area contributed by atoms with Crippen molar-refractivity contribution in [2.24, 2.45) is 0 Å². The Labute approximate surface area is 242 Å². The van der Waals surface area contributed by atoms with Crippen LogP contribution in [0.2, 0.25) is 0 Å². The highest BCUT2D eigenvalue weighted by Crippen LogP contribution is 2.38. The monoisotopic (exact) mass is 604 g/mol. The van der Waals surface area contributed by atoms with Crippen molar-refractivity contribution in [3.05, 3.63) is 75.9 Å². The molecule has 0 saturated carbocycles. The van der Waals surface area contributed by atoms with Crippen LogP contribution in [0.3, 0.4) is 0 Å². The van der Waals surface area contributed by atoms with Gasteiger partial charge < -0.3 is 19.4 Å². The first-order chi connectivity index (χ1) is 19.5. The van der Waals surface area contributed by atoms with Crippen LogP contribution in [0.1, 0.15) is 39.8 Å². The number of aromatic nitrogens is 3. The number of carbonyl (C=O) groups excluding carboxylic acids is 2. The zero-order chi connectivity index (χ0) is 29.7. The summed E-state index contributed by atoms with van der Waals surface area (Å²) < 4.78 is 51.2. The zero-order valence-corrected chi connectivity index (χ0v) is 24.3. The lowest BCUT2D eigenvalue weighted by molar-refractivity contribution is -0.137. The molecule has 0 aliphatic heterocycles. The fraction of sp³-hybridized carbons (Fsp3) is 0.286. The third-order valence-corrected chi connectivity index (χ3v) is 7.95. The first-order valence-electron chi connectivity index (χ1n) is 12.4. The number of thioether (sulfide) groups is 1. The molecular formula is C28H27F3N4O4S2. The number of rotatable bonds is 10. The Balaban J connectivity index is 1.44. The minimum absolute atomic E-state index is 0.0239. The molecule has 0 spiro atoms. The van der Waals surface area contributed by atoms with Gasteiger partial charge in [-0.25, -0.2) is 4.79 Å². The van der Waals surface area contributed by atoms with Gasteiger partial charge in [0.2, 0.25) is 5.91 Å². The molecule has 13 heteroatoms. The number of nitrogens with one attached hydrogen (secondary N) is 1. The molecule has 0 radical (unpaired) electrons. The second kappa shape index (κ2) is 12.8. The highest BCUT2D eigenvalue weighted by molar-refractivity contribution is 7.99. The van der Waals surface area contributed by atoms with Crippen LogP contribution in [0.15, 0.2) is 53.0 Å². The third kappa shape index (κ3) is 7.09. The van der Waals surface area contributed by atoms with Gasteiger partial charge in [-0.3, -0.25) is 4.79 Å².